The van der Waals surface area contributed by atoms with Gasteiger partial charge >= 0.3 is 6.03 Å². The van der Waals surface area contributed by atoms with Gasteiger partial charge in [-0.3, -0.25) is 0 Å². The highest BCUT2D eigenvalue weighted by atomic mass is 32.1. The summed E-state index contributed by atoms with van der Waals surface area (Å²) in [4.78, 5) is 19.5. The zero-order chi connectivity index (χ0) is 21.0. The van der Waals surface area contributed by atoms with Crippen LogP contribution in [-0.2, 0) is 17.6 Å². The van der Waals surface area contributed by atoms with Crippen molar-refractivity contribution in [3.8, 4) is 11.3 Å². The van der Waals surface area contributed by atoms with Crippen molar-refractivity contribution in [3.05, 3.63) is 65.0 Å². The molecule has 1 unspecified atom stereocenters. The van der Waals surface area contributed by atoms with Crippen molar-refractivity contribution in [3.63, 3.8) is 0 Å². The molecule has 31 heavy (non-hydrogen) atoms. The van der Waals surface area contributed by atoms with Gasteiger partial charge in [-0.1, -0.05) is 36.4 Å². The van der Waals surface area contributed by atoms with E-state index in [0.717, 1.165) is 67.6 Å². The Kier molecular flexibility index (Phi) is 5.86. The van der Waals surface area contributed by atoms with Gasteiger partial charge in [0.1, 0.15) is 0 Å². The third-order valence-electron chi connectivity index (χ3n) is 5.89. The molecule has 2 N–H and O–H groups in total. The number of hydrogen-bond acceptors (Lipinski definition) is 5. The minimum absolute atomic E-state index is 0.152. The summed E-state index contributed by atoms with van der Waals surface area (Å²) in [6.07, 6.45) is 2.87. The van der Waals surface area contributed by atoms with Crippen LogP contribution in [0.3, 0.4) is 0 Å². The molecule has 0 radical (unpaired) electrons. The highest BCUT2D eigenvalue weighted by molar-refractivity contribution is 7.14. The average Bonchev–Trinajstić information content (AvgIpc) is 3.30. The number of ether oxygens (including phenoxy) is 1. The second-order valence-electron chi connectivity index (χ2n) is 8.00. The number of thiazole rings is 1. The Morgan fingerprint density at radius 2 is 1.84 bits per heavy atom. The molecular formula is C24H26N4O2S. The fraction of sp³-hybridized carbons (Fsp3) is 0.333. The first-order valence-electron chi connectivity index (χ1n) is 10.8. The highest BCUT2D eigenvalue weighted by Crippen LogP contribution is 2.28. The maximum Gasteiger partial charge on any atom is 0.319 e. The number of benzene rings is 2. The molecule has 0 bridgehead atoms. The van der Waals surface area contributed by atoms with E-state index in [1.807, 2.05) is 24.3 Å². The predicted octanol–water partition coefficient (Wildman–Crippen LogP) is 4.33. The molecule has 1 aromatic heterocycles. The number of carbonyl (C=O) groups is 1. The third kappa shape index (κ3) is 4.73. The van der Waals surface area contributed by atoms with E-state index in [4.69, 9.17) is 9.72 Å². The maximum absolute atomic E-state index is 12.5. The van der Waals surface area contributed by atoms with E-state index in [2.05, 4.69) is 45.2 Å². The fourth-order valence-electron chi connectivity index (χ4n) is 4.19. The van der Waals surface area contributed by atoms with E-state index in [1.165, 1.54) is 11.1 Å². The predicted molar refractivity (Wildman–Crippen MR) is 125 cm³/mol. The Balaban J connectivity index is 1.17. The summed E-state index contributed by atoms with van der Waals surface area (Å²) in [5, 5.41) is 9.20. The number of nitrogens with one attached hydrogen (secondary N) is 2. The second-order valence-corrected chi connectivity index (χ2v) is 8.84. The first-order valence-corrected chi connectivity index (χ1v) is 11.7. The van der Waals surface area contributed by atoms with Gasteiger partial charge in [0.15, 0.2) is 5.13 Å². The summed E-state index contributed by atoms with van der Waals surface area (Å²) < 4.78 is 5.42. The van der Waals surface area contributed by atoms with Crippen molar-refractivity contribution in [2.75, 3.05) is 36.5 Å². The van der Waals surface area contributed by atoms with Gasteiger partial charge < -0.3 is 20.3 Å². The number of urea groups is 1. The SMILES string of the molecule is O=C(Nc1ccc(-c2csc(N3CCOCC3)n2)cc1)NC1CCc2ccccc2C1. The quantitative estimate of drug-likeness (QED) is 0.642. The molecule has 1 fully saturated rings. The molecule has 1 aliphatic heterocycles. The van der Waals surface area contributed by atoms with Gasteiger partial charge in [-0.2, -0.15) is 0 Å². The van der Waals surface area contributed by atoms with Crippen LogP contribution in [0.25, 0.3) is 11.3 Å². The van der Waals surface area contributed by atoms with Gasteiger partial charge in [0.25, 0.3) is 0 Å². The van der Waals surface area contributed by atoms with Crippen LogP contribution in [0.15, 0.2) is 53.9 Å². The van der Waals surface area contributed by atoms with Crippen molar-refractivity contribution in [1.82, 2.24) is 10.3 Å². The lowest BCUT2D eigenvalue weighted by Crippen LogP contribution is -2.41. The number of aromatic nitrogens is 1. The molecule has 2 aliphatic rings. The summed E-state index contributed by atoms with van der Waals surface area (Å²) in [5.74, 6) is 0. The van der Waals surface area contributed by atoms with Gasteiger partial charge in [-0.05, 0) is 42.5 Å². The number of aryl methyl sites for hydroxylation is 1. The molecule has 7 heteroatoms. The molecule has 160 valence electrons. The molecule has 6 nitrogen and oxygen atoms in total. The first kappa shape index (κ1) is 20.0. The van der Waals surface area contributed by atoms with Crippen molar-refractivity contribution in [1.29, 1.82) is 0 Å². The first-order chi connectivity index (χ1) is 15.2. The molecule has 5 rings (SSSR count). The Morgan fingerprint density at radius 1 is 1.06 bits per heavy atom. The largest absolute Gasteiger partial charge is 0.378 e. The van der Waals surface area contributed by atoms with E-state index in [1.54, 1.807) is 11.3 Å². The highest BCUT2D eigenvalue weighted by Gasteiger charge is 2.20. The van der Waals surface area contributed by atoms with Gasteiger partial charge in [-0.25, -0.2) is 9.78 Å². The molecule has 2 amide bonds. The van der Waals surface area contributed by atoms with Gasteiger partial charge in [0.2, 0.25) is 0 Å². The smallest absolute Gasteiger partial charge is 0.319 e. The Morgan fingerprint density at radius 3 is 2.65 bits per heavy atom. The van der Waals surface area contributed by atoms with Crippen LogP contribution >= 0.6 is 11.3 Å². The topological polar surface area (TPSA) is 66.5 Å². The van der Waals surface area contributed by atoms with Gasteiger partial charge in [0.05, 0.1) is 18.9 Å². The summed E-state index contributed by atoms with van der Waals surface area (Å²) in [5.41, 5.74) is 5.52. The average molecular weight is 435 g/mol. The number of morpholine rings is 1. The summed E-state index contributed by atoms with van der Waals surface area (Å²) in [6, 6.07) is 16.4. The normalized spacial score (nSPS) is 18.3. The van der Waals surface area contributed by atoms with Gasteiger partial charge in [0, 0.05) is 35.8 Å². The van der Waals surface area contributed by atoms with Crippen LogP contribution < -0.4 is 15.5 Å². The maximum atomic E-state index is 12.5. The lowest BCUT2D eigenvalue weighted by atomic mass is 9.88. The van der Waals surface area contributed by atoms with Crippen molar-refractivity contribution in [2.45, 2.75) is 25.3 Å². The molecule has 3 aromatic rings. The zero-order valence-corrected chi connectivity index (χ0v) is 18.2. The molecule has 0 saturated carbocycles. The van der Waals surface area contributed by atoms with E-state index in [0.29, 0.717) is 0 Å². The van der Waals surface area contributed by atoms with Crippen molar-refractivity contribution < 1.29 is 9.53 Å². The minimum atomic E-state index is -0.152. The third-order valence-corrected chi connectivity index (χ3v) is 6.80. The summed E-state index contributed by atoms with van der Waals surface area (Å²) in [6.45, 7) is 3.28. The van der Waals surface area contributed by atoms with Crippen LogP contribution in [-0.4, -0.2) is 43.4 Å². The van der Waals surface area contributed by atoms with E-state index < -0.39 is 0 Å². The number of amides is 2. The Hall–Kier alpha value is -2.90. The van der Waals surface area contributed by atoms with Gasteiger partial charge in [-0.15, -0.1) is 11.3 Å². The summed E-state index contributed by atoms with van der Waals surface area (Å²) in [7, 11) is 0. The molecule has 0 spiro atoms. The number of carbonyl (C=O) groups excluding carboxylic acids is 1. The second kappa shape index (κ2) is 9.08. The molecule has 1 saturated heterocycles. The molecule has 1 aliphatic carbocycles. The lowest BCUT2D eigenvalue weighted by Gasteiger charge is -2.26. The van der Waals surface area contributed by atoms with Crippen LogP contribution in [0.5, 0.6) is 0 Å². The number of hydrogen-bond donors (Lipinski definition) is 2. The molecule has 1 atom stereocenters. The number of anilines is 2. The fourth-order valence-corrected chi connectivity index (χ4v) is 5.08. The molecule has 2 aromatic carbocycles. The monoisotopic (exact) mass is 434 g/mol. The minimum Gasteiger partial charge on any atom is -0.378 e. The van der Waals surface area contributed by atoms with E-state index >= 15 is 0 Å². The molecular weight excluding hydrogens is 408 g/mol. The van der Waals surface area contributed by atoms with Crippen molar-refractivity contribution >= 4 is 28.2 Å². The van der Waals surface area contributed by atoms with Crippen LogP contribution in [0.1, 0.15) is 17.5 Å². The summed E-state index contributed by atoms with van der Waals surface area (Å²) >= 11 is 1.66. The lowest BCUT2D eigenvalue weighted by molar-refractivity contribution is 0.122. The van der Waals surface area contributed by atoms with E-state index in [9.17, 15) is 4.79 Å². The number of nitrogens with zero attached hydrogens (tertiary/aromatic N) is 2. The van der Waals surface area contributed by atoms with Crippen LogP contribution in [0, 0.1) is 0 Å². The van der Waals surface area contributed by atoms with Crippen molar-refractivity contribution in [2.24, 2.45) is 0 Å². The Labute approximate surface area is 186 Å². The standard InChI is InChI=1S/C24H26N4O2S/c29-23(26-21-10-5-17-3-1-2-4-19(17)15-21)25-20-8-6-18(7-9-20)22-16-31-24(27-22)28-11-13-30-14-12-28/h1-4,6-9,16,21H,5,10-15H2,(H2,25,26,29). The van der Waals surface area contributed by atoms with Crippen LogP contribution in [0.4, 0.5) is 15.6 Å². The van der Waals surface area contributed by atoms with E-state index in [-0.39, 0.29) is 12.1 Å². The Bertz CT molecular complexity index is 1040. The van der Waals surface area contributed by atoms with Crippen LogP contribution in [0.2, 0.25) is 0 Å². The number of rotatable bonds is 4. The number of fused-ring (bicyclic) bond motifs is 1. The molecule has 2 heterocycles. The zero-order valence-electron chi connectivity index (χ0n) is 17.3.